The third-order valence-electron chi connectivity index (χ3n) is 6.07. The molecule has 0 spiro atoms. The molecule has 1 aliphatic heterocycles. The van der Waals surface area contributed by atoms with Crippen molar-refractivity contribution in [3.63, 3.8) is 0 Å². The van der Waals surface area contributed by atoms with Crippen molar-refractivity contribution in [2.45, 2.75) is 26.3 Å². The maximum atomic E-state index is 13.6. The average Bonchev–Trinajstić information content (AvgIpc) is 3.17. The predicted octanol–water partition coefficient (Wildman–Crippen LogP) is 5.66. The van der Waals surface area contributed by atoms with E-state index in [1.165, 1.54) is 10.9 Å². The van der Waals surface area contributed by atoms with Gasteiger partial charge in [0.05, 0.1) is 12.6 Å². The van der Waals surface area contributed by atoms with Crippen LogP contribution < -0.4 is 4.74 Å². The van der Waals surface area contributed by atoms with Crippen LogP contribution in [0.1, 0.15) is 45.7 Å². The summed E-state index contributed by atoms with van der Waals surface area (Å²) in [6.07, 6.45) is 0.838. The molecule has 4 nitrogen and oxygen atoms in total. The van der Waals surface area contributed by atoms with Gasteiger partial charge in [-0.15, -0.1) is 0 Å². The molecule has 156 valence electrons. The zero-order valence-corrected chi connectivity index (χ0v) is 17.9. The lowest BCUT2D eigenvalue weighted by Gasteiger charge is -2.36. The van der Waals surface area contributed by atoms with Crippen LogP contribution >= 0.6 is 0 Å². The van der Waals surface area contributed by atoms with E-state index in [0.717, 1.165) is 40.1 Å². The van der Waals surface area contributed by atoms with Crippen LogP contribution in [0, 0.1) is 6.92 Å². The molecule has 4 aromatic rings. The Kier molecular flexibility index (Phi) is 4.99. The molecule has 0 radical (unpaired) electrons. The number of aromatic nitrogens is 1. The fourth-order valence-corrected chi connectivity index (χ4v) is 4.66. The number of nitrogens with one attached hydrogen (secondary N) is 1. The Bertz CT molecular complexity index is 1240. The van der Waals surface area contributed by atoms with Crippen LogP contribution in [-0.2, 0) is 6.42 Å². The Balaban J connectivity index is 1.63. The number of benzene rings is 3. The molecule has 1 aromatic heterocycles. The van der Waals surface area contributed by atoms with Gasteiger partial charge in [0.1, 0.15) is 5.75 Å². The molecular weight excluding hydrogens is 384 g/mol. The number of hydrogen-bond donors (Lipinski definition) is 1. The summed E-state index contributed by atoms with van der Waals surface area (Å²) in [7, 11) is 0. The Hall–Kier alpha value is -3.53. The van der Waals surface area contributed by atoms with E-state index >= 15 is 0 Å². The standard InChI is InChI=1S/C27H26N2O2/c1-3-31-21-13-11-19(12-14-21)26-25-23(22-9-4-5-10-24(22)28-25)15-16-29(26)27(30)20-8-6-7-18(2)17-20/h4-14,17,26,28H,3,15-16H2,1-2H3/t26-/m0/s1. The number of para-hydroxylation sites is 1. The third kappa shape index (κ3) is 3.48. The summed E-state index contributed by atoms with van der Waals surface area (Å²) < 4.78 is 5.63. The molecule has 1 aliphatic rings. The monoisotopic (exact) mass is 410 g/mol. The zero-order valence-electron chi connectivity index (χ0n) is 17.9. The predicted molar refractivity (Wildman–Crippen MR) is 124 cm³/mol. The first kappa shape index (κ1) is 19.4. The lowest BCUT2D eigenvalue weighted by molar-refractivity contribution is 0.0692. The van der Waals surface area contributed by atoms with Crippen LogP contribution in [0.4, 0.5) is 0 Å². The minimum atomic E-state index is -0.167. The molecule has 0 aliphatic carbocycles. The van der Waals surface area contributed by atoms with Gasteiger partial charge in [0.25, 0.3) is 5.91 Å². The van der Waals surface area contributed by atoms with Crippen LogP contribution in [0.15, 0.2) is 72.8 Å². The van der Waals surface area contributed by atoms with E-state index in [4.69, 9.17) is 4.74 Å². The summed E-state index contributed by atoms with van der Waals surface area (Å²) in [6, 6.07) is 24.2. The van der Waals surface area contributed by atoms with Crippen molar-refractivity contribution in [1.29, 1.82) is 0 Å². The van der Waals surface area contributed by atoms with Crippen LogP contribution in [0.25, 0.3) is 10.9 Å². The van der Waals surface area contributed by atoms with E-state index in [2.05, 4.69) is 35.3 Å². The topological polar surface area (TPSA) is 45.3 Å². The van der Waals surface area contributed by atoms with Gasteiger partial charge in [0.2, 0.25) is 0 Å². The van der Waals surface area contributed by atoms with Gasteiger partial charge in [0.15, 0.2) is 0 Å². The van der Waals surface area contributed by atoms with Crippen LogP contribution in [-0.4, -0.2) is 28.9 Å². The van der Waals surface area contributed by atoms with E-state index in [0.29, 0.717) is 13.2 Å². The smallest absolute Gasteiger partial charge is 0.254 e. The van der Waals surface area contributed by atoms with Crippen LogP contribution in [0.3, 0.4) is 0 Å². The van der Waals surface area contributed by atoms with Gasteiger partial charge in [-0.05, 0) is 61.7 Å². The minimum Gasteiger partial charge on any atom is -0.494 e. The molecule has 0 saturated heterocycles. The number of ether oxygens (including phenoxy) is 1. The Morgan fingerprint density at radius 3 is 2.65 bits per heavy atom. The molecule has 1 atom stereocenters. The SMILES string of the molecule is CCOc1ccc([C@H]2c3[nH]c4ccccc4c3CCN2C(=O)c2cccc(C)c2)cc1. The van der Waals surface area contributed by atoms with E-state index in [1.807, 2.05) is 61.2 Å². The number of rotatable bonds is 4. The van der Waals surface area contributed by atoms with Gasteiger partial charge < -0.3 is 14.6 Å². The lowest BCUT2D eigenvalue weighted by atomic mass is 9.91. The number of aromatic amines is 1. The summed E-state index contributed by atoms with van der Waals surface area (Å²) in [5, 5.41) is 1.25. The highest BCUT2D eigenvalue weighted by Gasteiger charge is 2.35. The summed E-state index contributed by atoms with van der Waals surface area (Å²) in [6.45, 7) is 5.31. The highest BCUT2D eigenvalue weighted by molar-refractivity contribution is 5.95. The van der Waals surface area contributed by atoms with Crippen molar-refractivity contribution in [1.82, 2.24) is 9.88 Å². The number of carbonyl (C=O) groups is 1. The van der Waals surface area contributed by atoms with E-state index in [1.54, 1.807) is 0 Å². The molecule has 0 fully saturated rings. The minimum absolute atomic E-state index is 0.0619. The fraction of sp³-hybridized carbons (Fsp3) is 0.222. The molecule has 1 amide bonds. The largest absolute Gasteiger partial charge is 0.494 e. The Morgan fingerprint density at radius 2 is 1.87 bits per heavy atom. The number of amides is 1. The molecule has 0 bridgehead atoms. The van der Waals surface area contributed by atoms with Gasteiger partial charge in [-0.25, -0.2) is 0 Å². The Morgan fingerprint density at radius 1 is 1.06 bits per heavy atom. The Labute approximate surface area is 182 Å². The van der Waals surface area contributed by atoms with Crippen molar-refractivity contribution in [2.24, 2.45) is 0 Å². The number of carbonyl (C=O) groups excluding carboxylic acids is 1. The van der Waals surface area contributed by atoms with Crippen molar-refractivity contribution in [3.8, 4) is 5.75 Å². The molecule has 2 heterocycles. The molecule has 4 heteroatoms. The highest BCUT2D eigenvalue weighted by Crippen LogP contribution is 2.39. The fourth-order valence-electron chi connectivity index (χ4n) is 4.66. The van der Waals surface area contributed by atoms with Gasteiger partial charge >= 0.3 is 0 Å². The first-order valence-corrected chi connectivity index (χ1v) is 10.9. The highest BCUT2D eigenvalue weighted by atomic mass is 16.5. The van der Waals surface area contributed by atoms with Gasteiger partial charge in [0, 0.05) is 28.7 Å². The summed E-state index contributed by atoms with van der Waals surface area (Å²) in [5.74, 6) is 0.905. The van der Waals surface area contributed by atoms with E-state index in [-0.39, 0.29) is 11.9 Å². The summed E-state index contributed by atoms with van der Waals surface area (Å²) >= 11 is 0. The quantitative estimate of drug-likeness (QED) is 0.472. The third-order valence-corrected chi connectivity index (χ3v) is 6.07. The number of aryl methyl sites for hydroxylation is 1. The number of fused-ring (bicyclic) bond motifs is 3. The van der Waals surface area contributed by atoms with Crippen LogP contribution in [0.2, 0.25) is 0 Å². The van der Waals surface area contributed by atoms with Crippen molar-refractivity contribution < 1.29 is 9.53 Å². The first-order valence-electron chi connectivity index (χ1n) is 10.9. The van der Waals surface area contributed by atoms with Gasteiger partial charge in [-0.3, -0.25) is 4.79 Å². The zero-order chi connectivity index (χ0) is 21.4. The summed E-state index contributed by atoms with van der Waals surface area (Å²) in [4.78, 5) is 19.2. The first-order chi connectivity index (χ1) is 15.2. The number of nitrogens with zero attached hydrogens (tertiary/aromatic N) is 1. The molecule has 3 aromatic carbocycles. The second-order valence-electron chi connectivity index (χ2n) is 8.09. The number of H-pyrrole nitrogens is 1. The van der Waals surface area contributed by atoms with Crippen molar-refractivity contribution >= 4 is 16.8 Å². The summed E-state index contributed by atoms with van der Waals surface area (Å²) in [5.41, 5.74) is 6.44. The number of hydrogen-bond acceptors (Lipinski definition) is 2. The van der Waals surface area contributed by atoms with Gasteiger partial charge in [-0.2, -0.15) is 0 Å². The molecule has 31 heavy (non-hydrogen) atoms. The second kappa shape index (κ2) is 7.95. The normalized spacial score (nSPS) is 15.7. The molecular formula is C27H26N2O2. The van der Waals surface area contributed by atoms with Gasteiger partial charge in [-0.1, -0.05) is 48.0 Å². The molecule has 0 saturated carbocycles. The molecule has 1 N–H and O–H groups in total. The maximum absolute atomic E-state index is 13.6. The van der Waals surface area contributed by atoms with E-state index in [9.17, 15) is 4.79 Å². The van der Waals surface area contributed by atoms with Crippen molar-refractivity contribution in [3.05, 3.63) is 101 Å². The molecule has 5 rings (SSSR count). The second-order valence-corrected chi connectivity index (χ2v) is 8.09. The molecule has 0 unspecified atom stereocenters. The lowest BCUT2D eigenvalue weighted by Crippen LogP contribution is -2.40. The van der Waals surface area contributed by atoms with E-state index < -0.39 is 0 Å². The van der Waals surface area contributed by atoms with Crippen LogP contribution in [0.5, 0.6) is 5.75 Å². The maximum Gasteiger partial charge on any atom is 0.254 e. The van der Waals surface area contributed by atoms with Crippen molar-refractivity contribution in [2.75, 3.05) is 13.2 Å². The average molecular weight is 411 g/mol.